The largest absolute Gasteiger partial charge is 0.508 e. The predicted octanol–water partition coefficient (Wildman–Crippen LogP) is 0.750. The normalized spacial score (nSPS) is 19.4. The predicted molar refractivity (Wildman–Crippen MR) is 93.7 cm³/mol. The van der Waals surface area contributed by atoms with Crippen molar-refractivity contribution in [3.8, 4) is 0 Å². The molecule has 1 amide bonds. The SMILES string of the molecule is CCC(CO)(COCC1COC(=O)O1)COC(=O)NCCC[N+](C)(C)C. The first-order valence-corrected chi connectivity index (χ1v) is 8.93. The lowest BCUT2D eigenvalue weighted by Crippen LogP contribution is -2.40. The molecule has 1 aliphatic rings. The van der Waals surface area contributed by atoms with E-state index >= 15 is 0 Å². The maximum atomic E-state index is 11.8. The van der Waals surface area contributed by atoms with Crippen molar-refractivity contribution in [1.82, 2.24) is 5.32 Å². The van der Waals surface area contributed by atoms with Crippen molar-refractivity contribution >= 4 is 12.2 Å². The van der Waals surface area contributed by atoms with Crippen LogP contribution < -0.4 is 5.32 Å². The molecule has 26 heavy (non-hydrogen) atoms. The number of aliphatic hydroxyl groups excluding tert-OH is 1. The molecule has 0 bridgehead atoms. The van der Waals surface area contributed by atoms with Gasteiger partial charge in [0.1, 0.15) is 13.2 Å². The average molecular weight is 377 g/mol. The molecule has 1 rings (SSSR count). The van der Waals surface area contributed by atoms with Crippen molar-refractivity contribution in [1.29, 1.82) is 0 Å². The zero-order valence-corrected chi connectivity index (χ0v) is 16.3. The summed E-state index contributed by atoms with van der Waals surface area (Å²) in [6.45, 7) is 3.74. The Morgan fingerprint density at radius 3 is 2.65 bits per heavy atom. The molecule has 2 atom stereocenters. The molecular weight excluding hydrogens is 344 g/mol. The summed E-state index contributed by atoms with van der Waals surface area (Å²) in [6, 6.07) is 0. The topological polar surface area (TPSA) is 103 Å². The number of hydrogen-bond donors (Lipinski definition) is 2. The molecule has 152 valence electrons. The smallest absolute Gasteiger partial charge is 0.449 e. The maximum Gasteiger partial charge on any atom is 0.508 e. The van der Waals surface area contributed by atoms with Crippen LogP contribution in [0.1, 0.15) is 19.8 Å². The number of rotatable bonds is 12. The van der Waals surface area contributed by atoms with Gasteiger partial charge in [0.2, 0.25) is 0 Å². The van der Waals surface area contributed by atoms with Gasteiger partial charge in [-0.2, -0.15) is 0 Å². The third-order valence-corrected chi connectivity index (χ3v) is 4.23. The summed E-state index contributed by atoms with van der Waals surface area (Å²) in [7, 11) is 6.27. The van der Waals surface area contributed by atoms with Crippen molar-refractivity contribution in [3.05, 3.63) is 0 Å². The Morgan fingerprint density at radius 1 is 1.38 bits per heavy atom. The van der Waals surface area contributed by atoms with E-state index in [0.29, 0.717) is 13.0 Å². The van der Waals surface area contributed by atoms with Crippen molar-refractivity contribution in [2.75, 3.05) is 67.3 Å². The van der Waals surface area contributed by atoms with Gasteiger partial charge in [-0.1, -0.05) is 6.92 Å². The number of alkyl carbamates (subject to hydrolysis) is 1. The zero-order chi connectivity index (χ0) is 19.6. The lowest BCUT2D eigenvalue weighted by Gasteiger charge is -2.30. The number of nitrogens with one attached hydrogen (secondary N) is 1. The number of ether oxygens (including phenoxy) is 4. The van der Waals surface area contributed by atoms with E-state index in [1.165, 1.54) is 0 Å². The van der Waals surface area contributed by atoms with Crippen LogP contribution in [0.4, 0.5) is 9.59 Å². The van der Waals surface area contributed by atoms with Crippen LogP contribution in [0.15, 0.2) is 0 Å². The first kappa shape index (κ1) is 22.5. The molecule has 1 heterocycles. The minimum absolute atomic E-state index is 0.0438. The van der Waals surface area contributed by atoms with Gasteiger partial charge in [0.15, 0.2) is 6.10 Å². The highest BCUT2D eigenvalue weighted by Gasteiger charge is 2.32. The molecule has 0 aromatic carbocycles. The number of amides is 1. The molecule has 2 unspecified atom stereocenters. The molecule has 1 saturated heterocycles. The van der Waals surface area contributed by atoms with Crippen LogP contribution in [-0.2, 0) is 18.9 Å². The van der Waals surface area contributed by atoms with Gasteiger partial charge in [-0.25, -0.2) is 9.59 Å². The first-order chi connectivity index (χ1) is 12.2. The summed E-state index contributed by atoms with van der Waals surface area (Å²) in [5.74, 6) is 0. The molecule has 0 radical (unpaired) electrons. The van der Waals surface area contributed by atoms with Crippen molar-refractivity contribution < 1.29 is 38.1 Å². The van der Waals surface area contributed by atoms with Gasteiger partial charge in [-0.05, 0) is 6.42 Å². The van der Waals surface area contributed by atoms with Gasteiger partial charge in [0.05, 0.1) is 52.9 Å². The number of cyclic esters (lactones) is 2. The number of quaternary nitrogens is 1. The summed E-state index contributed by atoms with van der Waals surface area (Å²) >= 11 is 0. The second-order valence-corrected chi connectivity index (χ2v) is 7.70. The lowest BCUT2D eigenvalue weighted by molar-refractivity contribution is -0.870. The highest BCUT2D eigenvalue weighted by Crippen LogP contribution is 2.23. The quantitative estimate of drug-likeness (QED) is 0.294. The van der Waals surface area contributed by atoms with Crippen LogP contribution in [0.5, 0.6) is 0 Å². The summed E-state index contributed by atoms with van der Waals surface area (Å²) in [6.07, 6.45) is -0.230. The number of hydrogen-bond acceptors (Lipinski definition) is 7. The number of carbonyl (C=O) groups is 2. The Balaban J connectivity index is 2.29. The molecule has 9 heteroatoms. The Bertz CT molecular complexity index is 447. The van der Waals surface area contributed by atoms with E-state index in [9.17, 15) is 14.7 Å². The number of carbonyl (C=O) groups excluding carboxylic acids is 2. The van der Waals surface area contributed by atoms with E-state index < -0.39 is 23.8 Å². The summed E-state index contributed by atoms with van der Waals surface area (Å²) in [5.41, 5.74) is -0.691. The molecule has 0 aromatic heterocycles. The second-order valence-electron chi connectivity index (χ2n) is 7.70. The Kier molecular flexibility index (Phi) is 9.11. The van der Waals surface area contributed by atoms with Gasteiger partial charge >= 0.3 is 12.2 Å². The standard InChI is InChI=1S/C17H32N2O7/c1-5-17(11-20,12-23-9-14-10-24-16(22)26-14)13-25-15(21)18-7-6-8-19(2,3)4/h14,20H,5-13H2,1-4H3/p+1. The molecule has 9 nitrogen and oxygen atoms in total. The van der Waals surface area contributed by atoms with Crippen LogP contribution in [0.2, 0.25) is 0 Å². The monoisotopic (exact) mass is 377 g/mol. The minimum Gasteiger partial charge on any atom is -0.449 e. The van der Waals surface area contributed by atoms with Gasteiger partial charge in [-0.3, -0.25) is 0 Å². The van der Waals surface area contributed by atoms with Crippen molar-refractivity contribution in [2.45, 2.75) is 25.9 Å². The van der Waals surface area contributed by atoms with Crippen LogP contribution in [-0.4, -0.2) is 95.2 Å². The van der Waals surface area contributed by atoms with Crippen molar-refractivity contribution in [3.63, 3.8) is 0 Å². The number of nitrogens with zero attached hydrogens (tertiary/aromatic N) is 1. The van der Waals surface area contributed by atoms with Gasteiger partial charge in [-0.15, -0.1) is 0 Å². The van der Waals surface area contributed by atoms with E-state index in [0.717, 1.165) is 17.4 Å². The molecule has 0 aromatic rings. The average Bonchev–Trinajstić information content (AvgIpc) is 2.99. The maximum absolute atomic E-state index is 11.8. The van der Waals surface area contributed by atoms with Gasteiger partial charge in [0.25, 0.3) is 0 Å². The molecule has 0 saturated carbocycles. The molecular formula is C17H33N2O7+. The molecule has 1 fully saturated rings. The Morgan fingerprint density at radius 2 is 2.12 bits per heavy atom. The molecule has 0 spiro atoms. The van der Waals surface area contributed by atoms with E-state index in [4.69, 9.17) is 14.2 Å². The van der Waals surface area contributed by atoms with E-state index in [1.54, 1.807) is 0 Å². The van der Waals surface area contributed by atoms with E-state index in [2.05, 4.69) is 31.2 Å². The molecule has 0 aliphatic carbocycles. The highest BCUT2D eigenvalue weighted by atomic mass is 16.8. The summed E-state index contributed by atoms with van der Waals surface area (Å²) in [4.78, 5) is 22.7. The number of aliphatic hydroxyl groups is 1. The second kappa shape index (κ2) is 10.5. The van der Waals surface area contributed by atoms with Crippen LogP contribution >= 0.6 is 0 Å². The minimum atomic E-state index is -0.701. The molecule has 1 aliphatic heterocycles. The van der Waals surface area contributed by atoms with E-state index in [-0.39, 0.29) is 33.0 Å². The van der Waals surface area contributed by atoms with Crippen LogP contribution in [0.3, 0.4) is 0 Å². The Hall–Kier alpha value is -1.58. The fourth-order valence-electron chi connectivity index (χ4n) is 2.32. The summed E-state index contributed by atoms with van der Waals surface area (Å²) < 4.78 is 21.2. The molecule has 2 N–H and O–H groups in total. The van der Waals surface area contributed by atoms with Gasteiger partial charge in [0, 0.05) is 13.0 Å². The zero-order valence-electron chi connectivity index (χ0n) is 16.3. The van der Waals surface area contributed by atoms with Gasteiger partial charge < -0.3 is 33.9 Å². The van der Waals surface area contributed by atoms with Crippen LogP contribution in [0.25, 0.3) is 0 Å². The Labute approximate surface area is 155 Å². The van der Waals surface area contributed by atoms with Crippen LogP contribution in [0, 0.1) is 5.41 Å². The highest BCUT2D eigenvalue weighted by molar-refractivity contribution is 5.67. The fourth-order valence-corrected chi connectivity index (χ4v) is 2.32. The third kappa shape index (κ3) is 8.68. The lowest BCUT2D eigenvalue weighted by atomic mass is 9.88. The summed E-state index contributed by atoms with van der Waals surface area (Å²) in [5, 5.41) is 12.4. The fraction of sp³-hybridized carbons (Fsp3) is 0.882. The van der Waals surface area contributed by atoms with Crippen molar-refractivity contribution in [2.24, 2.45) is 5.41 Å². The van der Waals surface area contributed by atoms with E-state index in [1.807, 2.05) is 6.92 Å². The first-order valence-electron chi connectivity index (χ1n) is 8.93. The third-order valence-electron chi connectivity index (χ3n) is 4.23.